The fourth-order valence-electron chi connectivity index (χ4n) is 5.46. The van der Waals surface area contributed by atoms with Gasteiger partial charge in [0.15, 0.2) is 0 Å². The molecule has 1 aromatic rings. The molecule has 3 fully saturated rings. The summed E-state index contributed by atoms with van der Waals surface area (Å²) in [6, 6.07) is 6.64. The molecule has 0 aromatic heterocycles. The summed E-state index contributed by atoms with van der Waals surface area (Å²) in [7, 11) is 0. The average molecular weight is 457 g/mol. The van der Waals surface area contributed by atoms with Gasteiger partial charge in [-0.2, -0.15) is 0 Å². The number of benzene rings is 1. The highest BCUT2D eigenvalue weighted by atomic mass is 35.5. The topological polar surface area (TPSA) is 90.0 Å². The minimum atomic E-state index is -0.290. The number of anilines is 1. The van der Waals surface area contributed by atoms with Gasteiger partial charge in [-0.15, -0.1) is 0 Å². The lowest BCUT2D eigenvalue weighted by molar-refractivity contribution is -0.147. The minimum absolute atomic E-state index is 0.132. The Labute approximate surface area is 191 Å². The molecule has 32 heavy (non-hydrogen) atoms. The Balaban J connectivity index is 1.16. The molecule has 0 radical (unpaired) electrons. The smallest absolute Gasteiger partial charge is 0.321 e. The fraction of sp³-hybridized carbons (Fsp3) is 0.478. The lowest BCUT2D eigenvalue weighted by Gasteiger charge is -2.24. The summed E-state index contributed by atoms with van der Waals surface area (Å²) < 4.78 is 0. The molecule has 2 aliphatic heterocycles. The molecular weight excluding hydrogens is 432 g/mol. The van der Waals surface area contributed by atoms with Crippen molar-refractivity contribution < 1.29 is 19.2 Å². The van der Waals surface area contributed by atoms with Crippen molar-refractivity contribution in [3.8, 4) is 0 Å². The summed E-state index contributed by atoms with van der Waals surface area (Å²) in [6.45, 7) is 1.54. The van der Waals surface area contributed by atoms with E-state index in [1.165, 1.54) is 4.90 Å². The molecule has 168 valence electrons. The SMILES string of the molecule is O=C(CN1C(=O)C2C3C=CC(C3)C2C1=O)N1CCCN(C(=O)Nc2ccc(Cl)cc2)CC1. The van der Waals surface area contributed by atoms with Crippen LogP contribution in [-0.4, -0.2) is 71.2 Å². The van der Waals surface area contributed by atoms with Gasteiger partial charge in [-0.25, -0.2) is 4.79 Å². The van der Waals surface area contributed by atoms with Crippen molar-refractivity contribution in [2.45, 2.75) is 12.8 Å². The monoisotopic (exact) mass is 456 g/mol. The Morgan fingerprint density at radius 2 is 1.50 bits per heavy atom. The molecule has 2 bridgehead atoms. The molecule has 4 aliphatic rings. The number of hydrogen-bond acceptors (Lipinski definition) is 4. The number of rotatable bonds is 3. The van der Waals surface area contributed by atoms with E-state index in [2.05, 4.69) is 5.32 Å². The lowest BCUT2D eigenvalue weighted by Crippen LogP contribution is -2.45. The number of urea groups is 1. The van der Waals surface area contributed by atoms with Gasteiger partial charge >= 0.3 is 6.03 Å². The predicted octanol–water partition coefficient (Wildman–Crippen LogP) is 2.21. The largest absolute Gasteiger partial charge is 0.339 e. The number of allylic oxidation sites excluding steroid dienone is 2. The van der Waals surface area contributed by atoms with Crippen LogP contribution in [0.2, 0.25) is 5.02 Å². The molecule has 0 spiro atoms. The zero-order chi connectivity index (χ0) is 22.4. The molecule has 1 saturated carbocycles. The highest BCUT2D eigenvalue weighted by Gasteiger charge is 2.59. The number of carbonyl (C=O) groups excluding carboxylic acids is 4. The van der Waals surface area contributed by atoms with E-state index in [-0.39, 0.29) is 54.0 Å². The molecule has 1 aromatic carbocycles. The Morgan fingerprint density at radius 3 is 2.16 bits per heavy atom. The van der Waals surface area contributed by atoms with Crippen LogP contribution in [0.5, 0.6) is 0 Å². The maximum Gasteiger partial charge on any atom is 0.321 e. The maximum atomic E-state index is 12.9. The van der Waals surface area contributed by atoms with Crippen molar-refractivity contribution in [1.29, 1.82) is 0 Å². The first kappa shape index (κ1) is 21.0. The minimum Gasteiger partial charge on any atom is -0.339 e. The Kier molecular flexibility index (Phi) is 5.41. The highest BCUT2D eigenvalue weighted by molar-refractivity contribution is 6.30. The summed E-state index contributed by atoms with van der Waals surface area (Å²) in [4.78, 5) is 55.7. The van der Waals surface area contributed by atoms with Crippen molar-refractivity contribution >= 4 is 41.0 Å². The van der Waals surface area contributed by atoms with Gasteiger partial charge in [0.25, 0.3) is 0 Å². The van der Waals surface area contributed by atoms with Crippen LogP contribution >= 0.6 is 11.6 Å². The second-order valence-electron chi connectivity index (χ2n) is 8.92. The van der Waals surface area contributed by atoms with E-state index < -0.39 is 0 Å². The number of imide groups is 1. The van der Waals surface area contributed by atoms with Crippen LogP contribution in [0.15, 0.2) is 36.4 Å². The van der Waals surface area contributed by atoms with Crippen molar-refractivity contribution in [2.24, 2.45) is 23.7 Å². The molecule has 2 saturated heterocycles. The van der Waals surface area contributed by atoms with E-state index in [4.69, 9.17) is 11.6 Å². The van der Waals surface area contributed by atoms with E-state index in [9.17, 15) is 19.2 Å². The molecule has 5 amide bonds. The van der Waals surface area contributed by atoms with Crippen LogP contribution < -0.4 is 5.32 Å². The number of nitrogens with one attached hydrogen (secondary N) is 1. The van der Waals surface area contributed by atoms with Crippen LogP contribution in [0.25, 0.3) is 0 Å². The van der Waals surface area contributed by atoms with Crippen LogP contribution in [0.1, 0.15) is 12.8 Å². The van der Waals surface area contributed by atoms with E-state index >= 15 is 0 Å². The molecule has 5 rings (SSSR count). The number of nitrogens with zero attached hydrogens (tertiary/aromatic N) is 3. The van der Waals surface area contributed by atoms with E-state index in [1.54, 1.807) is 34.1 Å². The quantitative estimate of drug-likeness (QED) is 0.557. The number of fused-ring (bicyclic) bond motifs is 5. The third-order valence-electron chi connectivity index (χ3n) is 7.09. The van der Waals surface area contributed by atoms with Gasteiger partial charge in [-0.1, -0.05) is 23.8 Å². The summed E-state index contributed by atoms with van der Waals surface area (Å²) in [5, 5.41) is 3.43. The molecule has 2 heterocycles. The zero-order valence-corrected chi connectivity index (χ0v) is 18.3. The standard InChI is InChI=1S/C23H25ClN4O4/c24-16-4-6-17(7-5-16)25-23(32)27-9-1-8-26(10-11-27)18(29)13-28-21(30)19-14-2-3-15(12-14)20(19)22(28)31/h2-7,14-15,19-20H,1,8-13H2,(H,25,32). The Bertz CT molecular complexity index is 964. The first-order valence-electron chi connectivity index (χ1n) is 11.0. The predicted molar refractivity (Wildman–Crippen MR) is 118 cm³/mol. The van der Waals surface area contributed by atoms with Gasteiger partial charge < -0.3 is 15.1 Å². The molecule has 1 N–H and O–H groups in total. The second kappa shape index (κ2) is 8.24. The van der Waals surface area contributed by atoms with Gasteiger partial charge in [0.1, 0.15) is 6.54 Å². The number of carbonyl (C=O) groups is 4. The third kappa shape index (κ3) is 3.66. The van der Waals surface area contributed by atoms with Crippen molar-refractivity contribution in [2.75, 3.05) is 38.0 Å². The lowest BCUT2D eigenvalue weighted by atomic mass is 9.85. The van der Waals surface area contributed by atoms with Crippen LogP contribution in [0.3, 0.4) is 0 Å². The first-order valence-corrected chi connectivity index (χ1v) is 11.4. The third-order valence-corrected chi connectivity index (χ3v) is 7.34. The molecular formula is C23H25ClN4O4. The maximum absolute atomic E-state index is 12.9. The molecule has 4 atom stereocenters. The second-order valence-corrected chi connectivity index (χ2v) is 9.36. The number of likely N-dealkylation sites (tertiary alicyclic amines) is 1. The highest BCUT2D eigenvalue weighted by Crippen LogP contribution is 2.52. The van der Waals surface area contributed by atoms with Gasteiger partial charge in [0, 0.05) is 36.9 Å². The average Bonchev–Trinajstić information content (AvgIpc) is 3.38. The Hall–Kier alpha value is -2.87. The number of amides is 5. The first-order chi connectivity index (χ1) is 15.4. The Morgan fingerprint density at radius 1 is 0.906 bits per heavy atom. The van der Waals surface area contributed by atoms with Gasteiger partial charge in [0.05, 0.1) is 11.8 Å². The van der Waals surface area contributed by atoms with E-state index in [0.717, 1.165) is 6.42 Å². The summed E-state index contributed by atoms with van der Waals surface area (Å²) in [5.41, 5.74) is 0.650. The van der Waals surface area contributed by atoms with Gasteiger partial charge in [-0.3, -0.25) is 19.3 Å². The summed E-state index contributed by atoms with van der Waals surface area (Å²) in [5.74, 6) is -0.970. The van der Waals surface area contributed by atoms with Crippen LogP contribution in [0, 0.1) is 23.7 Å². The molecule has 9 heteroatoms. The van der Waals surface area contributed by atoms with E-state index in [1.807, 2.05) is 12.2 Å². The van der Waals surface area contributed by atoms with Crippen molar-refractivity contribution in [3.05, 3.63) is 41.4 Å². The summed E-state index contributed by atoms with van der Waals surface area (Å²) >= 11 is 5.88. The number of hydrogen-bond donors (Lipinski definition) is 1. The van der Waals surface area contributed by atoms with Crippen molar-refractivity contribution in [1.82, 2.24) is 14.7 Å². The van der Waals surface area contributed by atoms with Crippen molar-refractivity contribution in [3.63, 3.8) is 0 Å². The van der Waals surface area contributed by atoms with Gasteiger partial charge in [0.2, 0.25) is 17.7 Å². The normalized spacial score (nSPS) is 28.8. The zero-order valence-electron chi connectivity index (χ0n) is 17.6. The fourth-order valence-corrected chi connectivity index (χ4v) is 5.59. The summed E-state index contributed by atoms with van der Waals surface area (Å²) in [6.07, 6.45) is 5.58. The van der Waals surface area contributed by atoms with Gasteiger partial charge in [-0.05, 0) is 48.9 Å². The number of halogens is 1. The van der Waals surface area contributed by atoms with E-state index in [0.29, 0.717) is 43.3 Å². The molecule has 4 unspecified atom stereocenters. The molecule has 8 nitrogen and oxygen atoms in total. The van der Waals surface area contributed by atoms with Crippen LogP contribution in [0.4, 0.5) is 10.5 Å². The molecule has 2 aliphatic carbocycles. The van der Waals surface area contributed by atoms with Crippen LogP contribution in [-0.2, 0) is 14.4 Å².